The van der Waals surface area contributed by atoms with Gasteiger partial charge in [0.2, 0.25) is 5.78 Å². The van der Waals surface area contributed by atoms with Crippen molar-refractivity contribution in [2.45, 2.75) is 6.92 Å². The van der Waals surface area contributed by atoms with E-state index in [1.165, 1.54) is 17.6 Å². The number of halogens is 2. The molecular weight excluding hydrogens is 344 g/mol. The Bertz CT molecular complexity index is 513. The molecule has 15 heavy (non-hydrogen) atoms. The van der Waals surface area contributed by atoms with Gasteiger partial charge >= 0.3 is 0 Å². The van der Waals surface area contributed by atoms with Crippen LogP contribution in [0.1, 0.15) is 21.0 Å². The summed E-state index contributed by atoms with van der Waals surface area (Å²) < 4.78 is 6.81. The van der Waals surface area contributed by atoms with Crippen molar-refractivity contribution in [1.82, 2.24) is 0 Å². The lowest BCUT2D eigenvalue weighted by Crippen LogP contribution is -1.99. The zero-order chi connectivity index (χ0) is 11.0. The fraction of sp³-hybridized carbons (Fsp3) is 0.100. The van der Waals surface area contributed by atoms with Crippen molar-refractivity contribution in [1.29, 1.82) is 0 Å². The Kier molecular flexibility index (Phi) is 3.13. The number of aryl methyl sites for hydroxylation is 1. The number of hydrogen-bond donors (Lipinski definition) is 0. The first kappa shape index (κ1) is 11.1. The van der Waals surface area contributed by atoms with Crippen molar-refractivity contribution >= 4 is 49.0 Å². The summed E-state index contributed by atoms with van der Waals surface area (Å²) in [6.45, 7) is 1.78. The highest BCUT2D eigenvalue weighted by atomic mass is 79.9. The molecule has 0 radical (unpaired) electrons. The summed E-state index contributed by atoms with van der Waals surface area (Å²) in [5.74, 6) is 0.639. The van der Waals surface area contributed by atoms with E-state index in [4.69, 9.17) is 4.42 Å². The van der Waals surface area contributed by atoms with Gasteiger partial charge in [-0.15, -0.1) is 11.3 Å². The summed E-state index contributed by atoms with van der Waals surface area (Å²) in [5, 5.41) is 1.88. The van der Waals surface area contributed by atoms with Gasteiger partial charge in [0.1, 0.15) is 5.76 Å². The SMILES string of the molecule is Cc1occc1C(=O)c1scc(Br)c1Br. The minimum Gasteiger partial charge on any atom is -0.469 e. The molecule has 2 aromatic heterocycles. The van der Waals surface area contributed by atoms with Crippen molar-refractivity contribution in [3.63, 3.8) is 0 Å². The summed E-state index contributed by atoms with van der Waals surface area (Å²) in [7, 11) is 0. The number of carbonyl (C=O) groups is 1. The summed E-state index contributed by atoms with van der Waals surface area (Å²) in [4.78, 5) is 12.7. The van der Waals surface area contributed by atoms with Crippen LogP contribution in [-0.4, -0.2) is 5.78 Å². The Balaban J connectivity index is 2.46. The molecular formula is C10H6Br2O2S. The highest BCUT2D eigenvalue weighted by molar-refractivity contribution is 9.13. The first-order valence-electron chi connectivity index (χ1n) is 4.12. The standard InChI is InChI=1S/C10H6Br2O2S/c1-5-6(2-3-14-5)9(13)10-8(12)7(11)4-15-10/h2-4H,1H3. The molecule has 0 aromatic carbocycles. The lowest BCUT2D eigenvalue weighted by molar-refractivity contribution is 0.104. The lowest BCUT2D eigenvalue weighted by atomic mass is 10.1. The van der Waals surface area contributed by atoms with Crippen LogP contribution in [0.3, 0.4) is 0 Å². The third-order valence-corrected chi connectivity index (χ3v) is 5.52. The summed E-state index contributed by atoms with van der Waals surface area (Å²) in [6.07, 6.45) is 1.53. The molecule has 5 heteroatoms. The minimum absolute atomic E-state index is 0.0103. The quantitative estimate of drug-likeness (QED) is 0.752. The van der Waals surface area contributed by atoms with E-state index >= 15 is 0 Å². The maximum Gasteiger partial charge on any atom is 0.207 e. The van der Waals surface area contributed by atoms with E-state index in [-0.39, 0.29) is 5.78 Å². The average Bonchev–Trinajstić information content (AvgIpc) is 2.75. The normalized spacial score (nSPS) is 10.6. The molecule has 0 aliphatic heterocycles. The molecule has 0 aliphatic carbocycles. The number of carbonyl (C=O) groups excluding carboxylic acids is 1. The van der Waals surface area contributed by atoms with Gasteiger partial charge in [0.05, 0.1) is 21.2 Å². The van der Waals surface area contributed by atoms with Gasteiger partial charge in [0.25, 0.3) is 0 Å². The van der Waals surface area contributed by atoms with E-state index in [2.05, 4.69) is 31.9 Å². The summed E-state index contributed by atoms with van der Waals surface area (Å²) >= 11 is 8.13. The fourth-order valence-corrected chi connectivity index (χ4v) is 3.32. The topological polar surface area (TPSA) is 30.2 Å². The molecule has 2 aromatic rings. The molecule has 0 unspecified atom stereocenters. The third-order valence-electron chi connectivity index (χ3n) is 2.00. The van der Waals surface area contributed by atoms with E-state index in [0.29, 0.717) is 16.2 Å². The van der Waals surface area contributed by atoms with E-state index in [0.717, 1.165) is 8.95 Å². The monoisotopic (exact) mass is 348 g/mol. The Labute approximate surface area is 108 Å². The van der Waals surface area contributed by atoms with Crippen LogP contribution in [-0.2, 0) is 0 Å². The van der Waals surface area contributed by atoms with E-state index in [9.17, 15) is 4.79 Å². The van der Waals surface area contributed by atoms with Gasteiger partial charge in [-0.25, -0.2) is 0 Å². The molecule has 0 spiro atoms. The van der Waals surface area contributed by atoms with Crippen LogP contribution >= 0.6 is 43.2 Å². The predicted octanol–water partition coefficient (Wildman–Crippen LogP) is 4.41. The van der Waals surface area contributed by atoms with Gasteiger partial charge in [-0.05, 0) is 44.8 Å². The molecule has 0 aliphatic rings. The van der Waals surface area contributed by atoms with Crippen molar-refractivity contribution in [2.75, 3.05) is 0 Å². The molecule has 0 fully saturated rings. The molecule has 0 N–H and O–H groups in total. The Morgan fingerprint density at radius 3 is 2.67 bits per heavy atom. The van der Waals surface area contributed by atoms with Crippen LogP contribution in [0.25, 0.3) is 0 Å². The Morgan fingerprint density at radius 1 is 1.47 bits per heavy atom. The minimum atomic E-state index is -0.0103. The van der Waals surface area contributed by atoms with Gasteiger partial charge < -0.3 is 4.42 Å². The first-order valence-corrected chi connectivity index (χ1v) is 6.59. The van der Waals surface area contributed by atoms with E-state index in [1.807, 2.05) is 5.38 Å². The van der Waals surface area contributed by atoms with Crippen molar-refractivity contribution < 1.29 is 9.21 Å². The van der Waals surface area contributed by atoms with Crippen LogP contribution in [0.2, 0.25) is 0 Å². The highest BCUT2D eigenvalue weighted by Crippen LogP contribution is 2.34. The lowest BCUT2D eigenvalue weighted by Gasteiger charge is -1.96. The molecule has 2 rings (SSSR count). The van der Waals surface area contributed by atoms with Gasteiger partial charge in [-0.1, -0.05) is 0 Å². The highest BCUT2D eigenvalue weighted by Gasteiger charge is 2.19. The third kappa shape index (κ3) is 1.96. The number of furan rings is 1. The van der Waals surface area contributed by atoms with Crippen molar-refractivity contribution in [3.05, 3.63) is 42.9 Å². The van der Waals surface area contributed by atoms with Crippen LogP contribution in [0.15, 0.2) is 31.1 Å². The van der Waals surface area contributed by atoms with Crippen LogP contribution in [0.4, 0.5) is 0 Å². The first-order chi connectivity index (χ1) is 7.11. The second-order valence-electron chi connectivity index (χ2n) is 2.95. The zero-order valence-corrected chi connectivity index (χ0v) is 11.7. The average molecular weight is 350 g/mol. The molecule has 0 atom stereocenters. The maximum atomic E-state index is 12.1. The molecule has 0 saturated carbocycles. The molecule has 2 heterocycles. The Hall–Kier alpha value is -0.390. The molecule has 2 nitrogen and oxygen atoms in total. The number of hydrogen-bond acceptors (Lipinski definition) is 3. The maximum absolute atomic E-state index is 12.1. The molecule has 0 amide bonds. The second-order valence-corrected chi connectivity index (χ2v) is 5.47. The summed E-state index contributed by atoms with van der Waals surface area (Å²) in [5.41, 5.74) is 0.616. The predicted molar refractivity (Wildman–Crippen MR) is 66.6 cm³/mol. The van der Waals surface area contributed by atoms with E-state index in [1.54, 1.807) is 13.0 Å². The molecule has 0 saturated heterocycles. The zero-order valence-electron chi connectivity index (χ0n) is 7.71. The van der Waals surface area contributed by atoms with Gasteiger partial charge in [-0.2, -0.15) is 0 Å². The van der Waals surface area contributed by atoms with Crippen LogP contribution in [0.5, 0.6) is 0 Å². The van der Waals surface area contributed by atoms with Gasteiger partial charge in [0.15, 0.2) is 0 Å². The number of ketones is 1. The van der Waals surface area contributed by atoms with Crippen LogP contribution < -0.4 is 0 Å². The van der Waals surface area contributed by atoms with Crippen LogP contribution in [0, 0.1) is 6.92 Å². The number of thiophene rings is 1. The largest absolute Gasteiger partial charge is 0.469 e. The van der Waals surface area contributed by atoms with Gasteiger partial charge in [-0.3, -0.25) is 4.79 Å². The number of rotatable bonds is 2. The van der Waals surface area contributed by atoms with Gasteiger partial charge in [0, 0.05) is 9.85 Å². The second kappa shape index (κ2) is 4.23. The fourth-order valence-electron chi connectivity index (χ4n) is 1.22. The summed E-state index contributed by atoms with van der Waals surface area (Å²) in [6, 6.07) is 1.69. The van der Waals surface area contributed by atoms with E-state index < -0.39 is 0 Å². The molecule has 0 bridgehead atoms. The smallest absolute Gasteiger partial charge is 0.207 e. The van der Waals surface area contributed by atoms with Crippen molar-refractivity contribution in [3.8, 4) is 0 Å². The molecule has 78 valence electrons. The van der Waals surface area contributed by atoms with Crippen molar-refractivity contribution in [2.24, 2.45) is 0 Å². The Morgan fingerprint density at radius 2 is 2.20 bits per heavy atom.